The summed E-state index contributed by atoms with van der Waals surface area (Å²) in [7, 11) is -2.79. The number of likely N-dealkylation sites (tertiary alicyclic amines) is 1. The number of nitrogens with zero attached hydrogens (tertiary/aromatic N) is 1. The molecular formula is C8H16BrNO2S. The summed E-state index contributed by atoms with van der Waals surface area (Å²) >= 11 is 3.45. The zero-order valence-corrected chi connectivity index (χ0v) is 10.3. The Hall–Kier alpha value is 0.390. The highest BCUT2D eigenvalue weighted by atomic mass is 79.9. The molecule has 5 heteroatoms. The summed E-state index contributed by atoms with van der Waals surface area (Å²) in [5, 5.41) is 1.03. The number of sulfone groups is 1. The summed E-state index contributed by atoms with van der Waals surface area (Å²) in [4.78, 5) is 2.23. The molecule has 1 heterocycles. The zero-order valence-electron chi connectivity index (χ0n) is 7.87. The molecule has 0 aromatic heterocycles. The van der Waals surface area contributed by atoms with Gasteiger partial charge in [0.2, 0.25) is 0 Å². The highest BCUT2D eigenvalue weighted by Gasteiger charge is 2.21. The standard InChI is InChI=1S/C8H16BrNO2S/c1-13(11,12)5-4-10-3-2-8(6-9)7-10/h8H,2-7H2,1H3. The van der Waals surface area contributed by atoms with Gasteiger partial charge in [-0.25, -0.2) is 8.42 Å². The van der Waals surface area contributed by atoms with Gasteiger partial charge in [-0.3, -0.25) is 0 Å². The molecule has 13 heavy (non-hydrogen) atoms. The Morgan fingerprint density at radius 3 is 2.69 bits per heavy atom. The van der Waals surface area contributed by atoms with Crippen molar-refractivity contribution in [1.82, 2.24) is 4.90 Å². The van der Waals surface area contributed by atoms with E-state index in [2.05, 4.69) is 20.8 Å². The van der Waals surface area contributed by atoms with Crippen LogP contribution in [0.5, 0.6) is 0 Å². The van der Waals surface area contributed by atoms with Crippen molar-refractivity contribution in [1.29, 1.82) is 0 Å². The second-order valence-electron chi connectivity index (χ2n) is 3.74. The van der Waals surface area contributed by atoms with E-state index in [1.807, 2.05) is 0 Å². The molecule has 0 aromatic rings. The van der Waals surface area contributed by atoms with Crippen molar-refractivity contribution >= 4 is 25.8 Å². The predicted octanol–water partition coefficient (Wildman–Crippen LogP) is 0.748. The van der Waals surface area contributed by atoms with Gasteiger partial charge >= 0.3 is 0 Å². The lowest BCUT2D eigenvalue weighted by Gasteiger charge is -2.14. The molecule has 0 radical (unpaired) electrons. The molecule has 0 aromatic carbocycles. The molecule has 1 rings (SSSR count). The van der Waals surface area contributed by atoms with E-state index in [0.717, 1.165) is 18.4 Å². The van der Waals surface area contributed by atoms with Gasteiger partial charge in [0.25, 0.3) is 0 Å². The quantitative estimate of drug-likeness (QED) is 0.707. The molecule has 0 saturated carbocycles. The van der Waals surface area contributed by atoms with Crippen molar-refractivity contribution in [3.8, 4) is 0 Å². The van der Waals surface area contributed by atoms with E-state index in [0.29, 0.717) is 18.2 Å². The van der Waals surface area contributed by atoms with E-state index in [-0.39, 0.29) is 0 Å². The lowest BCUT2D eigenvalue weighted by molar-refractivity contribution is 0.348. The minimum absolute atomic E-state index is 0.294. The molecule has 1 atom stereocenters. The van der Waals surface area contributed by atoms with Crippen LogP contribution in [0.2, 0.25) is 0 Å². The van der Waals surface area contributed by atoms with Crippen LogP contribution in [0.3, 0.4) is 0 Å². The van der Waals surface area contributed by atoms with Gasteiger partial charge in [-0.2, -0.15) is 0 Å². The van der Waals surface area contributed by atoms with Crippen molar-refractivity contribution in [3.63, 3.8) is 0 Å². The third-order valence-electron chi connectivity index (χ3n) is 2.37. The van der Waals surface area contributed by atoms with Gasteiger partial charge in [0, 0.05) is 24.7 Å². The molecule has 1 unspecified atom stereocenters. The first-order valence-corrected chi connectivity index (χ1v) is 7.65. The average molecular weight is 270 g/mol. The van der Waals surface area contributed by atoms with Crippen LogP contribution < -0.4 is 0 Å². The van der Waals surface area contributed by atoms with Crippen LogP contribution >= 0.6 is 15.9 Å². The van der Waals surface area contributed by atoms with Crippen molar-refractivity contribution in [2.75, 3.05) is 37.0 Å². The maximum Gasteiger partial charge on any atom is 0.148 e. The maximum absolute atomic E-state index is 10.9. The average Bonchev–Trinajstić information content (AvgIpc) is 2.47. The molecule has 0 spiro atoms. The predicted molar refractivity (Wildman–Crippen MR) is 58.1 cm³/mol. The Kier molecular flexibility index (Phi) is 4.19. The number of rotatable bonds is 4. The second-order valence-corrected chi connectivity index (χ2v) is 6.65. The summed E-state index contributed by atoms with van der Waals surface area (Å²) in [6.45, 7) is 2.79. The monoisotopic (exact) mass is 269 g/mol. The Morgan fingerprint density at radius 2 is 2.23 bits per heavy atom. The largest absolute Gasteiger partial charge is 0.302 e. The lowest BCUT2D eigenvalue weighted by atomic mass is 10.2. The van der Waals surface area contributed by atoms with Gasteiger partial charge in [-0.1, -0.05) is 15.9 Å². The first kappa shape index (κ1) is 11.5. The van der Waals surface area contributed by atoms with Gasteiger partial charge in [0.15, 0.2) is 0 Å². The SMILES string of the molecule is CS(=O)(=O)CCN1CCC(CBr)C1. The Morgan fingerprint density at radius 1 is 1.54 bits per heavy atom. The van der Waals surface area contributed by atoms with Crippen LogP contribution in [-0.4, -0.2) is 50.3 Å². The molecule has 1 aliphatic rings. The zero-order chi connectivity index (χ0) is 9.90. The van der Waals surface area contributed by atoms with E-state index in [1.165, 1.54) is 12.7 Å². The van der Waals surface area contributed by atoms with E-state index >= 15 is 0 Å². The Balaban J connectivity index is 2.25. The maximum atomic E-state index is 10.9. The molecule has 0 amide bonds. The molecular weight excluding hydrogens is 254 g/mol. The molecule has 0 aliphatic carbocycles. The molecule has 0 bridgehead atoms. The van der Waals surface area contributed by atoms with Gasteiger partial charge in [-0.05, 0) is 18.9 Å². The van der Waals surface area contributed by atoms with Crippen LogP contribution in [-0.2, 0) is 9.84 Å². The topological polar surface area (TPSA) is 37.4 Å². The summed E-state index contributed by atoms with van der Waals surface area (Å²) in [5.41, 5.74) is 0. The summed E-state index contributed by atoms with van der Waals surface area (Å²) in [5.74, 6) is 1.00. The van der Waals surface area contributed by atoms with Gasteiger partial charge in [0.1, 0.15) is 9.84 Å². The summed E-state index contributed by atoms with van der Waals surface area (Å²) in [6.07, 6.45) is 2.49. The van der Waals surface area contributed by atoms with Crippen molar-refractivity contribution in [3.05, 3.63) is 0 Å². The lowest BCUT2D eigenvalue weighted by Crippen LogP contribution is -2.27. The molecule has 78 valence electrons. The normalized spacial score (nSPS) is 25.2. The molecule has 1 aliphatic heterocycles. The smallest absolute Gasteiger partial charge is 0.148 e. The van der Waals surface area contributed by atoms with Crippen LogP contribution in [0.15, 0.2) is 0 Å². The molecule has 3 nitrogen and oxygen atoms in total. The van der Waals surface area contributed by atoms with E-state index in [1.54, 1.807) is 0 Å². The van der Waals surface area contributed by atoms with Crippen LogP contribution in [0, 0.1) is 5.92 Å². The molecule has 0 N–H and O–H groups in total. The fourth-order valence-electron chi connectivity index (χ4n) is 1.54. The minimum atomic E-state index is -2.79. The number of hydrogen-bond acceptors (Lipinski definition) is 3. The Bertz CT molecular complexity index is 253. The van der Waals surface area contributed by atoms with Gasteiger partial charge in [-0.15, -0.1) is 0 Å². The fraction of sp³-hybridized carbons (Fsp3) is 1.00. The van der Waals surface area contributed by atoms with E-state index in [9.17, 15) is 8.42 Å². The summed E-state index contributed by atoms with van der Waals surface area (Å²) in [6, 6.07) is 0. The first-order valence-electron chi connectivity index (χ1n) is 4.47. The third kappa shape index (κ3) is 4.42. The van der Waals surface area contributed by atoms with Crippen LogP contribution in [0.1, 0.15) is 6.42 Å². The van der Waals surface area contributed by atoms with Crippen LogP contribution in [0.25, 0.3) is 0 Å². The van der Waals surface area contributed by atoms with E-state index in [4.69, 9.17) is 0 Å². The fourth-order valence-corrected chi connectivity index (χ4v) is 2.66. The van der Waals surface area contributed by atoms with Gasteiger partial charge < -0.3 is 4.90 Å². The van der Waals surface area contributed by atoms with Crippen LogP contribution in [0.4, 0.5) is 0 Å². The number of alkyl halides is 1. The first-order chi connectivity index (χ1) is 6.01. The molecule has 1 fully saturated rings. The molecule has 1 saturated heterocycles. The Labute approximate surface area is 88.5 Å². The second kappa shape index (κ2) is 4.75. The minimum Gasteiger partial charge on any atom is -0.302 e. The summed E-state index contributed by atoms with van der Waals surface area (Å²) < 4.78 is 21.8. The van der Waals surface area contributed by atoms with Crippen molar-refractivity contribution < 1.29 is 8.42 Å². The van der Waals surface area contributed by atoms with Crippen molar-refractivity contribution in [2.45, 2.75) is 6.42 Å². The third-order valence-corrected chi connectivity index (χ3v) is 4.21. The number of hydrogen-bond donors (Lipinski definition) is 0. The highest BCUT2D eigenvalue weighted by molar-refractivity contribution is 9.09. The van der Waals surface area contributed by atoms with E-state index < -0.39 is 9.84 Å². The van der Waals surface area contributed by atoms with Gasteiger partial charge in [0.05, 0.1) is 5.75 Å². The number of halogens is 1. The highest BCUT2D eigenvalue weighted by Crippen LogP contribution is 2.17. The van der Waals surface area contributed by atoms with Crippen molar-refractivity contribution in [2.24, 2.45) is 5.92 Å².